The number of hydrogen-bond donors (Lipinski definition) is 1. The van der Waals surface area contributed by atoms with Crippen LogP contribution >= 0.6 is 33.9 Å². The molecule has 5 heteroatoms. The number of rotatable bonds is 3. The van der Waals surface area contributed by atoms with Crippen LogP contribution in [0.5, 0.6) is 11.5 Å². The van der Waals surface area contributed by atoms with Gasteiger partial charge in [0.1, 0.15) is 0 Å². The van der Waals surface area contributed by atoms with E-state index in [0.717, 1.165) is 31.1 Å². The third kappa shape index (κ3) is 2.94. The summed E-state index contributed by atoms with van der Waals surface area (Å²) < 4.78 is 12.8. The van der Waals surface area contributed by atoms with Gasteiger partial charge in [-0.3, -0.25) is 0 Å². The molecule has 1 aromatic carbocycles. The molecule has 0 saturated heterocycles. The zero-order valence-corrected chi connectivity index (χ0v) is 14.2. The Balaban J connectivity index is 1.94. The van der Waals surface area contributed by atoms with Crippen LogP contribution in [-0.4, -0.2) is 20.3 Å². The largest absolute Gasteiger partial charge is 0.490 e. The number of hydrogen-bond acceptors (Lipinski definition) is 4. The molecule has 2 heterocycles. The molecule has 0 spiro atoms. The molecule has 1 N–H and O–H groups in total. The molecule has 1 aliphatic rings. The summed E-state index contributed by atoms with van der Waals surface area (Å²) in [5, 5.41) is 5.58. The molecule has 0 radical (unpaired) electrons. The fraction of sp³-hybridized carbons (Fsp3) is 0.333. The third-order valence-electron chi connectivity index (χ3n) is 3.31. The first-order valence-electron chi connectivity index (χ1n) is 6.58. The minimum Gasteiger partial charge on any atom is -0.490 e. The highest BCUT2D eigenvalue weighted by atomic mass is 127. The number of benzene rings is 1. The first-order valence-corrected chi connectivity index (χ1v) is 8.54. The maximum atomic E-state index is 5.77. The molecule has 0 saturated carbocycles. The van der Waals surface area contributed by atoms with E-state index in [1.807, 2.05) is 13.1 Å². The van der Waals surface area contributed by atoms with E-state index in [-0.39, 0.29) is 6.04 Å². The van der Waals surface area contributed by atoms with Crippen molar-refractivity contribution in [2.75, 3.05) is 20.3 Å². The monoisotopic (exact) mass is 401 g/mol. The van der Waals surface area contributed by atoms with E-state index < -0.39 is 0 Å². The highest BCUT2D eigenvalue weighted by molar-refractivity contribution is 14.1. The van der Waals surface area contributed by atoms with Crippen LogP contribution < -0.4 is 14.8 Å². The number of fused-ring (bicyclic) bond motifs is 1. The molecule has 3 nitrogen and oxygen atoms in total. The topological polar surface area (TPSA) is 30.5 Å². The Bertz CT molecular complexity index is 599. The van der Waals surface area contributed by atoms with Gasteiger partial charge < -0.3 is 14.8 Å². The van der Waals surface area contributed by atoms with E-state index in [9.17, 15) is 0 Å². The molecule has 1 aromatic heterocycles. The quantitative estimate of drug-likeness (QED) is 0.794. The van der Waals surface area contributed by atoms with Crippen LogP contribution in [0.1, 0.15) is 23.6 Å². The highest BCUT2D eigenvalue weighted by Crippen LogP contribution is 2.35. The van der Waals surface area contributed by atoms with Crippen LogP contribution in [0.25, 0.3) is 0 Å². The average molecular weight is 401 g/mol. The summed E-state index contributed by atoms with van der Waals surface area (Å²) >= 11 is 4.12. The molecule has 0 bridgehead atoms. The molecule has 2 aromatic rings. The van der Waals surface area contributed by atoms with E-state index in [4.69, 9.17) is 9.47 Å². The molecule has 3 rings (SSSR count). The molecule has 106 valence electrons. The Morgan fingerprint density at radius 3 is 2.65 bits per heavy atom. The molecular weight excluding hydrogens is 385 g/mol. The maximum absolute atomic E-state index is 5.77. The van der Waals surface area contributed by atoms with Crippen molar-refractivity contribution in [3.05, 3.63) is 43.7 Å². The molecule has 20 heavy (non-hydrogen) atoms. The van der Waals surface area contributed by atoms with Crippen molar-refractivity contribution in [3.8, 4) is 11.5 Å². The van der Waals surface area contributed by atoms with E-state index in [0.29, 0.717) is 0 Å². The van der Waals surface area contributed by atoms with Gasteiger partial charge in [0.2, 0.25) is 0 Å². The standard InChI is InChI=1S/C15H16INO2S/c1-17-15(11-8-14(16)20-9-11)10-3-4-12-13(7-10)19-6-2-5-18-12/h3-4,7-9,15,17H,2,5-6H2,1H3. The summed E-state index contributed by atoms with van der Waals surface area (Å²) in [6.45, 7) is 1.45. The van der Waals surface area contributed by atoms with Gasteiger partial charge in [-0.1, -0.05) is 6.07 Å². The molecule has 1 aliphatic heterocycles. The minimum atomic E-state index is 0.187. The zero-order chi connectivity index (χ0) is 13.9. The lowest BCUT2D eigenvalue weighted by Gasteiger charge is -2.17. The van der Waals surface area contributed by atoms with Gasteiger partial charge in [-0.25, -0.2) is 0 Å². The minimum absolute atomic E-state index is 0.187. The van der Waals surface area contributed by atoms with E-state index in [2.05, 4.69) is 51.5 Å². The summed E-state index contributed by atoms with van der Waals surface area (Å²) in [4.78, 5) is 0. The first kappa shape index (κ1) is 14.2. The second-order valence-corrected chi connectivity index (χ2v) is 7.47. The van der Waals surface area contributed by atoms with Gasteiger partial charge in [-0.05, 0) is 64.3 Å². The van der Waals surface area contributed by atoms with Gasteiger partial charge in [0, 0.05) is 6.42 Å². The summed E-state index contributed by atoms with van der Waals surface area (Å²) in [5.41, 5.74) is 2.49. The van der Waals surface area contributed by atoms with Crippen molar-refractivity contribution in [1.82, 2.24) is 5.32 Å². The Hall–Kier alpha value is -0.790. The van der Waals surface area contributed by atoms with Crippen molar-refractivity contribution < 1.29 is 9.47 Å². The lowest BCUT2D eigenvalue weighted by Crippen LogP contribution is -2.17. The van der Waals surface area contributed by atoms with Crippen molar-refractivity contribution in [2.45, 2.75) is 12.5 Å². The number of ether oxygens (including phenoxy) is 2. The van der Waals surface area contributed by atoms with Gasteiger partial charge >= 0.3 is 0 Å². The predicted molar refractivity (Wildman–Crippen MR) is 90.0 cm³/mol. The summed E-state index contributed by atoms with van der Waals surface area (Å²) in [6.07, 6.45) is 0.933. The van der Waals surface area contributed by atoms with E-state index >= 15 is 0 Å². The maximum Gasteiger partial charge on any atom is 0.161 e. The van der Waals surface area contributed by atoms with Gasteiger partial charge in [-0.2, -0.15) is 0 Å². The molecular formula is C15H16INO2S. The van der Waals surface area contributed by atoms with Crippen LogP contribution in [0, 0.1) is 2.88 Å². The second kappa shape index (κ2) is 6.32. The van der Waals surface area contributed by atoms with Crippen LogP contribution in [-0.2, 0) is 0 Å². The zero-order valence-electron chi connectivity index (χ0n) is 11.2. The molecule has 1 unspecified atom stereocenters. The summed E-state index contributed by atoms with van der Waals surface area (Å²) in [7, 11) is 1.98. The van der Waals surface area contributed by atoms with Gasteiger partial charge in [-0.15, -0.1) is 11.3 Å². The van der Waals surface area contributed by atoms with E-state index in [1.165, 1.54) is 14.0 Å². The first-order chi connectivity index (χ1) is 9.78. The van der Waals surface area contributed by atoms with Crippen LogP contribution in [0.3, 0.4) is 0 Å². The number of thiophene rings is 1. The van der Waals surface area contributed by atoms with Crippen molar-refractivity contribution in [1.29, 1.82) is 0 Å². The Morgan fingerprint density at radius 2 is 1.95 bits per heavy atom. The molecule has 0 amide bonds. The average Bonchev–Trinajstić information content (AvgIpc) is 2.75. The predicted octanol–water partition coefficient (Wildman–Crippen LogP) is 3.82. The Labute approximate surface area is 136 Å². The van der Waals surface area contributed by atoms with Crippen LogP contribution in [0.15, 0.2) is 29.6 Å². The second-order valence-electron chi connectivity index (χ2n) is 4.66. The highest BCUT2D eigenvalue weighted by Gasteiger charge is 2.17. The molecule has 1 atom stereocenters. The van der Waals surface area contributed by atoms with Crippen molar-refractivity contribution >= 4 is 33.9 Å². The van der Waals surface area contributed by atoms with E-state index in [1.54, 1.807) is 11.3 Å². The SMILES string of the molecule is CNC(c1csc(I)c1)c1ccc2c(c1)OCCCO2. The lowest BCUT2D eigenvalue weighted by molar-refractivity contribution is 0.297. The number of halogens is 1. The van der Waals surface area contributed by atoms with Crippen molar-refractivity contribution in [2.24, 2.45) is 0 Å². The summed E-state index contributed by atoms with van der Waals surface area (Å²) in [6, 6.07) is 8.62. The Morgan fingerprint density at radius 1 is 1.15 bits per heavy atom. The van der Waals surface area contributed by atoms with Gasteiger partial charge in [0.05, 0.1) is 22.1 Å². The van der Waals surface area contributed by atoms with Crippen LogP contribution in [0.2, 0.25) is 0 Å². The Kier molecular flexibility index (Phi) is 4.48. The summed E-state index contributed by atoms with van der Waals surface area (Å²) in [5.74, 6) is 1.70. The number of nitrogens with one attached hydrogen (secondary N) is 1. The van der Waals surface area contributed by atoms with Gasteiger partial charge in [0.25, 0.3) is 0 Å². The lowest BCUT2D eigenvalue weighted by atomic mass is 10.0. The van der Waals surface area contributed by atoms with Gasteiger partial charge in [0.15, 0.2) is 11.5 Å². The van der Waals surface area contributed by atoms with Crippen molar-refractivity contribution in [3.63, 3.8) is 0 Å². The third-order valence-corrected chi connectivity index (χ3v) is 5.12. The smallest absolute Gasteiger partial charge is 0.161 e. The normalized spacial score (nSPS) is 15.7. The fourth-order valence-electron chi connectivity index (χ4n) is 2.36. The molecule has 0 fully saturated rings. The van der Waals surface area contributed by atoms with Crippen LogP contribution in [0.4, 0.5) is 0 Å². The fourth-order valence-corrected chi connectivity index (χ4v) is 3.76. The molecule has 0 aliphatic carbocycles.